The lowest BCUT2D eigenvalue weighted by Crippen LogP contribution is -2.35. The predicted molar refractivity (Wildman–Crippen MR) is 73.8 cm³/mol. The molecule has 3 rings (SSSR count). The van der Waals surface area contributed by atoms with E-state index in [-0.39, 0.29) is 0 Å². The first-order valence-corrected chi connectivity index (χ1v) is 8.64. The summed E-state index contributed by atoms with van der Waals surface area (Å²) in [5, 5.41) is 2.55. The third kappa shape index (κ3) is 1.92. The Labute approximate surface area is 114 Å². The largest absolute Gasteiger partial charge is 0.273 e. The number of thiophene rings is 1. The molecule has 0 bridgehead atoms. The van der Waals surface area contributed by atoms with Crippen molar-refractivity contribution in [3.63, 3.8) is 0 Å². The van der Waals surface area contributed by atoms with Crippen LogP contribution in [-0.4, -0.2) is 25.7 Å². The van der Waals surface area contributed by atoms with Crippen LogP contribution in [0.3, 0.4) is 0 Å². The zero-order valence-corrected chi connectivity index (χ0v) is 11.8. The van der Waals surface area contributed by atoms with Crippen LogP contribution in [-0.2, 0) is 10.0 Å². The van der Waals surface area contributed by atoms with Gasteiger partial charge < -0.3 is 0 Å². The number of nitrogens with zero attached hydrogens (tertiary/aromatic N) is 2. The maximum Gasteiger partial charge on any atom is 0.273 e. The summed E-state index contributed by atoms with van der Waals surface area (Å²) in [7, 11) is -3.43. The van der Waals surface area contributed by atoms with Gasteiger partial charge >= 0.3 is 0 Å². The second kappa shape index (κ2) is 4.56. The van der Waals surface area contributed by atoms with Crippen LogP contribution in [0.1, 0.15) is 0 Å². The Morgan fingerprint density at radius 2 is 2.17 bits per heavy atom. The molecular weight excluding hydrogens is 288 g/mol. The van der Waals surface area contributed by atoms with Crippen molar-refractivity contribution >= 4 is 38.8 Å². The Kier molecular flexibility index (Phi) is 3.04. The van der Waals surface area contributed by atoms with Crippen molar-refractivity contribution in [2.45, 2.75) is 9.24 Å². The first-order chi connectivity index (χ1) is 8.69. The highest BCUT2D eigenvalue weighted by Gasteiger charge is 2.30. The molecule has 0 saturated heterocycles. The lowest BCUT2D eigenvalue weighted by Gasteiger charge is -2.28. The molecular formula is C11H10N2O2S3. The average Bonchev–Trinajstić information content (AvgIpc) is 2.92. The number of hydrogen-bond acceptors (Lipinski definition) is 5. The molecule has 0 N–H and O–H groups in total. The van der Waals surface area contributed by atoms with Crippen molar-refractivity contribution < 1.29 is 8.42 Å². The van der Waals surface area contributed by atoms with Gasteiger partial charge in [0.2, 0.25) is 0 Å². The van der Waals surface area contributed by atoms with E-state index in [9.17, 15) is 8.42 Å². The topological polar surface area (TPSA) is 50.3 Å². The van der Waals surface area contributed by atoms with Crippen LogP contribution in [0.4, 0.5) is 5.69 Å². The van der Waals surface area contributed by atoms with Crippen LogP contribution in [0.5, 0.6) is 0 Å². The monoisotopic (exact) mass is 298 g/mol. The Hall–Kier alpha value is -1.05. The molecule has 2 aromatic rings. The molecule has 0 unspecified atom stereocenters. The van der Waals surface area contributed by atoms with E-state index in [1.165, 1.54) is 15.6 Å². The zero-order valence-electron chi connectivity index (χ0n) is 9.31. The summed E-state index contributed by atoms with van der Waals surface area (Å²) in [4.78, 5) is 4.22. The molecule has 1 aliphatic heterocycles. The summed E-state index contributed by atoms with van der Waals surface area (Å²) in [6, 6.07) is 6.96. The van der Waals surface area contributed by atoms with Crippen LogP contribution < -0.4 is 4.31 Å². The fraction of sp³-hybridized carbons (Fsp3) is 0.182. The van der Waals surface area contributed by atoms with Crippen molar-refractivity contribution in [3.05, 3.63) is 35.8 Å². The fourth-order valence-corrected chi connectivity index (χ4v) is 5.48. The van der Waals surface area contributed by atoms with E-state index in [0.29, 0.717) is 16.4 Å². The van der Waals surface area contributed by atoms with Crippen molar-refractivity contribution in [1.29, 1.82) is 0 Å². The molecule has 94 valence electrons. The van der Waals surface area contributed by atoms with E-state index in [1.807, 2.05) is 0 Å². The van der Waals surface area contributed by atoms with Gasteiger partial charge in [0.1, 0.15) is 9.24 Å². The first kappa shape index (κ1) is 12.0. The van der Waals surface area contributed by atoms with E-state index in [1.54, 1.807) is 47.6 Å². The molecule has 0 atom stereocenters. The minimum atomic E-state index is -3.43. The second-order valence-electron chi connectivity index (χ2n) is 3.69. The molecule has 7 heteroatoms. The van der Waals surface area contributed by atoms with Crippen molar-refractivity contribution in [3.8, 4) is 0 Å². The summed E-state index contributed by atoms with van der Waals surface area (Å²) in [6.07, 6.45) is 1.69. The van der Waals surface area contributed by atoms with Gasteiger partial charge in [-0.3, -0.25) is 4.31 Å². The molecule has 0 saturated carbocycles. The molecule has 0 spiro atoms. The van der Waals surface area contributed by atoms with Crippen LogP contribution in [0.2, 0.25) is 0 Å². The Morgan fingerprint density at radius 3 is 2.94 bits per heavy atom. The van der Waals surface area contributed by atoms with E-state index in [0.717, 1.165) is 10.8 Å². The number of hydrogen-bond donors (Lipinski definition) is 0. The number of anilines is 1. The van der Waals surface area contributed by atoms with Gasteiger partial charge in [-0.15, -0.1) is 23.1 Å². The van der Waals surface area contributed by atoms with E-state index in [2.05, 4.69) is 4.98 Å². The average molecular weight is 298 g/mol. The predicted octanol–water partition coefficient (Wildman–Crippen LogP) is 2.44. The quantitative estimate of drug-likeness (QED) is 0.854. The number of pyridine rings is 1. The molecule has 1 aliphatic rings. The number of sulfonamides is 1. The van der Waals surface area contributed by atoms with Crippen LogP contribution in [0, 0.1) is 0 Å². The van der Waals surface area contributed by atoms with Gasteiger partial charge in [-0.25, -0.2) is 13.4 Å². The smallest absolute Gasteiger partial charge is 0.262 e. The van der Waals surface area contributed by atoms with Gasteiger partial charge in [0.05, 0.1) is 5.69 Å². The summed E-state index contributed by atoms with van der Waals surface area (Å²) in [5.41, 5.74) is 0.683. The van der Waals surface area contributed by atoms with E-state index >= 15 is 0 Å². The second-order valence-corrected chi connectivity index (χ2v) is 7.81. The van der Waals surface area contributed by atoms with Gasteiger partial charge in [-0.1, -0.05) is 6.07 Å². The Balaban J connectivity index is 2.10. The summed E-state index contributed by atoms with van der Waals surface area (Å²) in [6.45, 7) is 0.490. The Bertz CT molecular complexity index is 653. The SMILES string of the molecule is O=S(=O)(c1cccs1)N1CCSc2ncccc21. The Morgan fingerprint density at radius 1 is 1.28 bits per heavy atom. The minimum Gasteiger partial charge on any atom is -0.262 e. The molecule has 3 heterocycles. The van der Waals surface area contributed by atoms with Crippen LogP contribution in [0.25, 0.3) is 0 Å². The third-order valence-electron chi connectivity index (χ3n) is 2.59. The van der Waals surface area contributed by atoms with Gasteiger partial charge in [0.15, 0.2) is 0 Å². The van der Waals surface area contributed by atoms with E-state index < -0.39 is 10.0 Å². The molecule has 0 fully saturated rings. The highest BCUT2D eigenvalue weighted by molar-refractivity contribution is 8.00. The van der Waals surface area contributed by atoms with Crippen molar-refractivity contribution in [2.24, 2.45) is 0 Å². The molecule has 0 aromatic carbocycles. The fourth-order valence-electron chi connectivity index (χ4n) is 1.80. The number of fused-ring (bicyclic) bond motifs is 1. The zero-order chi connectivity index (χ0) is 12.6. The lowest BCUT2D eigenvalue weighted by molar-refractivity contribution is 0.593. The molecule has 18 heavy (non-hydrogen) atoms. The minimum absolute atomic E-state index is 0.379. The standard InChI is InChI=1S/C11H10N2O2S3/c14-18(15,10-4-2-7-16-10)13-6-8-17-11-9(13)3-1-5-12-11/h1-5,7H,6,8H2. The highest BCUT2D eigenvalue weighted by atomic mass is 32.2. The summed E-state index contributed by atoms with van der Waals surface area (Å²) < 4.78 is 26.9. The first-order valence-electron chi connectivity index (χ1n) is 5.33. The molecule has 0 amide bonds. The maximum atomic E-state index is 12.5. The number of aromatic nitrogens is 1. The normalized spacial score (nSPS) is 15.4. The van der Waals surface area contributed by atoms with Gasteiger partial charge in [-0.2, -0.15) is 0 Å². The van der Waals surface area contributed by atoms with Crippen LogP contribution in [0.15, 0.2) is 45.1 Å². The lowest BCUT2D eigenvalue weighted by atomic mass is 10.4. The third-order valence-corrected chi connectivity index (χ3v) is 6.75. The van der Waals surface area contributed by atoms with Gasteiger partial charge in [-0.05, 0) is 23.6 Å². The number of rotatable bonds is 2. The molecule has 0 aliphatic carbocycles. The molecule has 4 nitrogen and oxygen atoms in total. The van der Waals surface area contributed by atoms with Gasteiger partial charge in [0.25, 0.3) is 10.0 Å². The summed E-state index contributed by atoms with van der Waals surface area (Å²) in [5.74, 6) is 0.731. The number of thioether (sulfide) groups is 1. The van der Waals surface area contributed by atoms with E-state index in [4.69, 9.17) is 0 Å². The maximum absolute atomic E-state index is 12.5. The molecule has 2 aromatic heterocycles. The van der Waals surface area contributed by atoms with Gasteiger partial charge in [0, 0.05) is 18.5 Å². The highest BCUT2D eigenvalue weighted by Crippen LogP contribution is 2.36. The van der Waals surface area contributed by atoms with Crippen LogP contribution >= 0.6 is 23.1 Å². The summed E-state index contributed by atoms with van der Waals surface area (Å²) >= 11 is 2.83. The van der Waals surface area contributed by atoms with Crippen molar-refractivity contribution in [1.82, 2.24) is 4.98 Å². The van der Waals surface area contributed by atoms with Crippen molar-refractivity contribution in [2.75, 3.05) is 16.6 Å². The molecule has 0 radical (unpaired) electrons.